The maximum absolute atomic E-state index is 11.7. The van der Waals surface area contributed by atoms with Crippen LogP contribution < -0.4 is 5.32 Å². The van der Waals surface area contributed by atoms with Crippen molar-refractivity contribution >= 4 is 21.8 Å². The molecule has 2 saturated carbocycles. The van der Waals surface area contributed by atoms with E-state index >= 15 is 0 Å². The van der Waals surface area contributed by atoms with Crippen molar-refractivity contribution in [1.29, 1.82) is 0 Å². The van der Waals surface area contributed by atoms with Gasteiger partial charge in [-0.15, -0.1) is 0 Å². The van der Waals surface area contributed by atoms with Crippen LogP contribution in [0.3, 0.4) is 0 Å². The van der Waals surface area contributed by atoms with E-state index in [0.29, 0.717) is 23.8 Å². The number of rotatable bonds is 3. The van der Waals surface area contributed by atoms with Crippen molar-refractivity contribution in [3.8, 4) is 0 Å². The van der Waals surface area contributed by atoms with Gasteiger partial charge in [0.05, 0.1) is 0 Å². The van der Waals surface area contributed by atoms with Crippen LogP contribution in [0.4, 0.5) is 0 Å². The molecular formula is C11H18BrNO. The fraction of sp³-hybridized carbons (Fsp3) is 0.909. The third kappa shape index (κ3) is 2.13. The van der Waals surface area contributed by atoms with E-state index in [1.807, 2.05) is 0 Å². The second-order valence-electron chi connectivity index (χ2n) is 4.59. The Hall–Kier alpha value is -0.0500. The minimum Gasteiger partial charge on any atom is -0.353 e. The topological polar surface area (TPSA) is 29.1 Å². The van der Waals surface area contributed by atoms with E-state index in [4.69, 9.17) is 0 Å². The Bertz CT molecular complexity index is 215. The Kier molecular flexibility index (Phi) is 3.47. The molecule has 2 fully saturated rings. The first-order valence-electron chi connectivity index (χ1n) is 5.67. The molecule has 2 aliphatic carbocycles. The van der Waals surface area contributed by atoms with Gasteiger partial charge in [-0.1, -0.05) is 28.8 Å². The van der Waals surface area contributed by atoms with E-state index in [9.17, 15) is 4.79 Å². The highest BCUT2D eigenvalue weighted by Gasteiger charge is 2.31. The third-order valence-electron chi connectivity index (χ3n) is 3.66. The molecule has 0 aliphatic heterocycles. The van der Waals surface area contributed by atoms with Gasteiger partial charge in [-0.2, -0.15) is 0 Å². The van der Waals surface area contributed by atoms with Gasteiger partial charge in [-0.3, -0.25) is 4.79 Å². The average molecular weight is 260 g/mol. The lowest BCUT2D eigenvalue weighted by atomic mass is 9.84. The molecule has 0 aromatic heterocycles. The molecule has 0 spiro atoms. The number of carbonyl (C=O) groups excluding carboxylic acids is 1. The highest BCUT2D eigenvalue weighted by atomic mass is 79.9. The lowest BCUT2D eigenvalue weighted by molar-refractivity contribution is -0.128. The molecule has 0 aromatic carbocycles. The summed E-state index contributed by atoms with van der Waals surface area (Å²) in [6, 6.07) is 0.447. The van der Waals surface area contributed by atoms with Gasteiger partial charge in [0.15, 0.2) is 0 Å². The second kappa shape index (κ2) is 4.65. The SMILES string of the molecule is O=C(NC1CCCC1CBr)C1CCC1. The van der Waals surface area contributed by atoms with Crippen LogP contribution in [0.1, 0.15) is 38.5 Å². The summed E-state index contributed by atoms with van der Waals surface area (Å²) < 4.78 is 0. The van der Waals surface area contributed by atoms with Crippen molar-refractivity contribution in [2.45, 2.75) is 44.6 Å². The summed E-state index contributed by atoms with van der Waals surface area (Å²) in [6.45, 7) is 0. The van der Waals surface area contributed by atoms with E-state index in [1.54, 1.807) is 0 Å². The van der Waals surface area contributed by atoms with Crippen LogP contribution in [0.5, 0.6) is 0 Å². The van der Waals surface area contributed by atoms with Crippen molar-refractivity contribution in [2.24, 2.45) is 11.8 Å². The Morgan fingerprint density at radius 2 is 1.93 bits per heavy atom. The largest absolute Gasteiger partial charge is 0.353 e. The lowest BCUT2D eigenvalue weighted by Crippen LogP contribution is -2.43. The van der Waals surface area contributed by atoms with Crippen LogP contribution >= 0.6 is 15.9 Å². The van der Waals surface area contributed by atoms with Gasteiger partial charge in [-0.05, 0) is 31.6 Å². The minimum absolute atomic E-state index is 0.314. The summed E-state index contributed by atoms with van der Waals surface area (Å²) in [4.78, 5) is 11.7. The molecule has 1 N–H and O–H groups in total. The summed E-state index contributed by atoms with van der Waals surface area (Å²) in [6.07, 6.45) is 7.17. The fourth-order valence-electron chi connectivity index (χ4n) is 2.38. The monoisotopic (exact) mass is 259 g/mol. The minimum atomic E-state index is 0.314. The van der Waals surface area contributed by atoms with Crippen molar-refractivity contribution in [2.75, 3.05) is 5.33 Å². The molecule has 0 radical (unpaired) electrons. The standard InChI is InChI=1S/C11H18BrNO/c12-7-9-5-2-6-10(9)13-11(14)8-3-1-4-8/h8-10H,1-7H2,(H,13,14). The van der Waals surface area contributed by atoms with E-state index in [1.165, 1.54) is 25.7 Å². The van der Waals surface area contributed by atoms with Gasteiger partial charge in [0.2, 0.25) is 5.91 Å². The number of carbonyl (C=O) groups is 1. The van der Waals surface area contributed by atoms with Gasteiger partial charge >= 0.3 is 0 Å². The summed E-state index contributed by atoms with van der Waals surface area (Å²) >= 11 is 3.52. The number of hydrogen-bond donors (Lipinski definition) is 1. The van der Waals surface area contributed by atoms with Crippen LogP contribution in [0, 0.1) is 11.8 Å². The number of nitrogens with one attached hydrogen (secondary N) is 1. The van der Waals surface area contributed by atoms with E-state index < -0.39 is 0 Å². The van der Waals surface area contributed by atoms with Crippen molar-refractivity contribution < 1.29 is 4.79 Å². The van der Waals surface area contributed by atoms with E-state index in [2.05, 4.69) is 21.2 Å². The van der Waals surface area contributed by atoms with Gasteiger partial charge in [-0.25, -0.2) is 0 Å². The van der Waals surface area contributed by atoms with Crippen LogP contribution in [-0.2, 0) is 4.79 Å². The highest BCUT2D eigenvalue weighted by Crippen LogP contribution is 2.30. The van der Waals surface area contributed by atoms with Crippen LogP contribution in [0.2, 0.25) is 0 Å². The normalized spacial score (nSPS) is 32.6. The molecular weight excluding hydrogens is 242 g/mol. The summed E-state index contributed by atoms with van der Waals surface area (Å²) in [5, 5.41) is 4.24. The zero-order valence-electron chi connectivity index (χ0n) is 8.47. The molecule has 2 nitrogen and oxygen atoms in total. The van der Waals surface area contributed by atoms with Crippen LogP contribution in [-0.4, -0.2) is 17.3 Å². The summed E-state index contributed by atoms with van der Waals surface area (Å²) in [5.41, 5.74) is 0. The first-order chi connectivity index (χ1) is 6.81. The molecule has 0 saturated heterocycles. The van der Waals surface area contributed by atoms with E-state index in [-0.39, 0.29) is 0 Å². The molecule has 2 atom stereocenters. The zero-order valence-corrected chi connectivity index (χ0v) is 10.1. The maximum Gasteiger partial charge on any atom is 0.223 e. The summed E-state index contributed by atoms with van der Waals surface area (Å²) in [7, 11) is 0. The quantitative estimate of drug-likeness (QED) is 0.776. The van der Waals surface area contributed by atoms with Crippen molar-refractivity contribution in [3.63, 3.8) is 0 Å². The number of alkyl halides is 1. The fourth-order valence-corrected chi connectivity index (χ4v) is 3.16. The molecule has 0 heterocycles. The first-order valence-corrected chi connectivity index (χ1v) is 6.79. The molecule has 2 aliphatic rings. The molecule has 2 unspecified atom stereocenters. The molecule has 3 heteroatoms. The molecule has 80 valence electrons. The van der Waals surface area contributed by atoms with Crippen molar-refractivity contribution in [3.05, 3.63) is 0 Å². The number of halogens is 1. The van der Waals surface area contributed by atoms with Gasteiger partial charge < -0.3 is 5.32 Å². The Balaban J connectivity index is 1.80. The van der Waals surface area contributed by atoms with Crippen LogP contribution in [0.25, 0.3) is 0 Å². The average Bonchev–Trinajstić information content (AvgIpc) is 2.48. The van der Waals surface area contributed by atoms with Crippen molar-refractivity contribution in [1.82, 2.24) is 5.32 Å². The number of amides is 1. The van der Waals surface area contributed by atoms with Crippen LogP contribution in [0.15, 0.2) is 0 Å². The molecule has 1 amide bonds. The molecule has 2 rings (SSSR count). The first kappa shape index (κ1) is 10.5. The molecule has 0 aromatic rings. The predicted molar refractivity (Wildman–Crippen MR) is 60.4 cm³/mol. The Morgan fingerprint density at radius 3 is 2.50 bits per heavy atom. The van der Waals surface area contributed by atoms with Gasteiger partial charge in [0.25, 0.3) is 0 Å². The Labute approximate surface area is 94.0 Å². The van der Waals surface area contributed by atoms with Gasteiger partial charge in [0, 0.05) is 17.3 Å². The lowest BCUT2D eigenvalue weighted by Gasteiger charge is -2.27. The molecule has 0 bridgehead atoms. The number of hydrogen-bond acceptors (Lipinski definition) is 1. The third-order valence-corrected chi connectivity index (χ3v) is 4.49. The smallest absolute Gasteiger partial charge is 0.223 e. The second-order valence-corrected chi connectivity index (χ2v) is 5.24. The highest BCUT2D eigenvalue weighted by molar-refractivity contribution is 9.09. The van der Waals surface area contributed by atoms with E-state index in [0.717, 1.165) is 18.2 Å². The van der Waals surface area contributed by atoms with Gasteiger partial charge in [0.1, 0.15) is 0 Å². The molecule has 14 heavy (non-hydrogen) atoms. The predicted octanol–water partition coefficient (Wildman–Crippen LogP) is 2.47. The Morgan fingerprint density at radius 1 is 1.21 bits per heavy atom. The zero-order chi connectivity index (χ0) is 9.97. The maximum atomic E-state index is 11.7. The summed E-state index contributed by atoms with van der Waals surface area (Å²) in [5.74, 6) is 1.32.